The standard InChI is InChI=1S/C15H18BrClFNO/c16-8-9-19(12-4-2-1-3-5-12)15(20)11-6-7-13(17)14(18)10-11/h6-7,10,12H,1-5,8-9H2. The number of rotatable bonds is 4. The van der Waals surface area contributed by atoms with E-state index in [1.54, 1.807) is 6.07 Å². The van der Waals surface area contributed by atoms with Crippen molar-refractivity contribution in [3.05, 3.63) is 34.6 Å². The van der Waals surface area contributed by atoms with Crippen molar-refractivity contribution in [2.45, 2.75) is 38.1 Å². The van der Waals surface area contributed by atoms with E-state index < -0.39 is 5.82 Å². The summed E-state index contributed by atoms with van der Waals surface area (Å²) < 4.78 is 13.5. The Bertz CT molecular complexity index is 477. The van der Waals surface area contributed by atoms with Crippen molar-refractivity contribution >= 4 is 33.4 Å². The molecule has 1 saturated carbocycles. The zero-order chi connectivity index (χ0) is 14.5. The van der Waals surface area contributed by atoms with Crippen LogP contribution in [0.3, 0.4) is 0 Å². The molecule has 1 amide bonds. The summed E-state index contributed by atoms with van der Waals surface area (Å²) in [7, 11) is 0. The molecule has 1 aromatic carbocycles. The first kappa shape index (κ1) is 15.8. The molecular formula is C15H18BrClFNO. The van der Waals surface area contributed by atoms with E-state index in [0.717, 1.165) is 31.0 Å². The van der Waals surface area contributed by atoms with Gasteiger partial charge in [-0.2, -0.15) is 0 Å². The van der Waals surface area contributed by atoms with E-state index in [2.05, 4.69) is 15.9 Å². The van der Waals surface area contributed by atoms with Crippen LogP contribution in [0.15, 0.2) is 18.2 Å². The lowest BCUT2D eigenvalue weighted by molar-refractivity contribution is 0.0650. The van der Waals surface area contributed by atoms with Gasteiger partial charge in [-0.15, -0.1) is 0 Å². The minimum absolute atomic E-state index is 0.0475. The predicted octanol–water partition coefficient (Wildman–Crippen LogP) is 4.65. The summed E-state index contributed by atoms with van der Waals surface area (Å²) in [5, 5.41) is 0.775. The number of nitrogens with zero attached hydrogens (tertiary/aromatic N) is 1. The van der Waals surface area contributed by atoms with Crippen molar-refractivity contribution in [3.63, 3.8) is 0 Å². The second-order valence-electron chi connectivity index (χ2n) is 5.11. The Balaban J connectivity index is 2.18. The maximum atomic E-state index is 13.5. The summed E-state index contributed by atoms with van der Waals surface area (Å²) in [5.41, 5.74) is 0.374. The maximum absolute atomic E-state index is 13.5. The van der Waals surface area contributed by atoms with Crippen LogP contribution in [0.1, 0.15) is 42.5 Å². The summed E-state index contributed by atoms with van der Waals surface area (Å²) in [6.07, 6.45) is 5.63. The van der Waals surface area contributed by atoms with Gasteiger partial charge in [0.15, 0.2) is 0 Å². The van der Waals surface area contributed by atoms with Crippen molar-refractivity contribution in [1.82, 2.24) is 4.90 Å². The van der Waals surface area contributed by atoms with Gasteiger partial charge in [-0.25, -0.2) is 4.39 Å². The van der Waals surface area contributed by atoms with Crippen LogP contribution in [0.4, 0.5) is 4.39 Å². The molecule has 20 heavy (non-hydrogen) atoms. The summed E-state index contributed by atoms with van der Waals surface area (Å²) in [6, 6.07) is 4.54. The summed E-state index contributed by atoms with van der Waals surface area (Å²) >= 11 is 9.06. The molecule has 5 heteroatoms. The van der Waals surface area contributed by atoms with Gasteiger partial charge in [0.05, 0.1) is 5.02 Å². The van der Waals surface area contributed by atoms with E-state index in [-0.39, 0.29) is 17.0 Å². The first-order chi connectivity index (χ1) is 9.63. The van der Waals surface area contributed by atoms with Crippen molar-refractivity contribution in [2.24, 2.45) is 0 Å². The van der Waals surface area contributed by atoms with Crippen LogP contribution in [0.25, 0.3) is 0 Å². The van der Waals surface area contributed by atoms with E-state index in [1.165, 1.54) is 18.6 Å². The number of carbonyl (C=O) groups excluding carboxylic acids is 1. The van der Waals surface area contributed by atoms with Crippen molar-refractivity contribution in [2.75, 3.05) is 11.9 Å². The number of carbonyl (C=O) groups is 1. The Morgan fingerprint density at radius 2 is 2.05 bits per heavy atom. The van der Waals surface area contributed by atoms with Crippen LogP contribution in [-0.2, 0) is 0 Å². The third kappa shape index (κ3) is 3.73. The van der Waals surface area contributed by atoms with Gasteiger partial charge >= 0.3 is 0 Å². The fourth-order valence-electron chi connectivity index (χ4n) is 2.73. The zero-order valence-corrected chi connectivity index (χ0v) is 13.6. The topological polar surface area (TPSA) is 20.3 Å². The minimum Gasteiger partial charge on any atom is -0.335 e. The lowest BCUT2D eigenvalue weighted by Crippen LogP contribution is -2.42. The third-order valence-electron chi connectivity index (χ3n) is 3.77. The Kier molecular flexibility index (Phi) is 5.85. The molecule has 110 valence electrons. The first-order valence-electron chi connectivity index (χ1n) is 6.95. The molecule has 1 fully saturated rings. The predicted molar refractivity (Wildman–Crippen MR) is 83.1 cm³/mol. The highest BCUT2D eigenvalue weighted by Crippen LogP contribution is 2.25. The van der Waals surface area contributed by atoms with E-state index in [9.17, 15) is 9.18 Å². The Hall–Kier alpha value is -0.610. The molecule has 2 nitrogen and oxygen atoms in total. The fourth-order valence-corrected chi connectivity index (χ4v) is 3.23. The van der Waals surface area contributed by atoms with Crippen LogP contribution < -0.4 is 0 Å². The number of hydrogen-bond donors (Lipinski definition) is 0. The lowest BCUT2D eigenvalue weighted by atomic mass is 9.93. The molecule has 1 aliphatic carbocycles. The van der Waals surface area contributed by atoms with Gasteiger partial charge in [-0.05, 0) is 31.0 Å². The highest BCUT2D eigenvalue weighted by atomic mass is 79.9. The average molecular weight is 363 g/mol. The van der Waals surface area contributed by atoms with E-state index in [4.69, 9.17) is 11.6 Å². The molecule has 1 aliphatic rings. The molecule has 0 bridgehead atoms. The number of amides is 1. The van der Waals surface area contributed by atoms with Crippen molar-refractivity contribution in [3.8, 4) is 0 Å². The van der Waals surface area contributed by atoms with Crippen LogP contribution in [-0.4, -0.2) is 28.7 Å². The molecular weight excluding hydrogens is 345 g/mol. The normalized spacial score (nSPS) is 16.1. The third-order valence-corrected chi connectivity index (χ3v) is 4.43. The highest BCUT2D eigenvalue weighted by molar-refractivity contribution is 9.09. The molecule has 2 rings (SSSR count). The van der Waals surface area contributed by atoms with Gasteiger partial charge in [0.2, 0.25) is 0 Å². The molecule has 0 spiro atoms. The second-order valence-corrected chi connectivity index (χ2v) is 6.31. The smallest absolute Gasteiger partial charge is 0.254 e. The summed E-state index contributed by atoms with van der Waals surface area (Å²) in [6.45, 7) is 0.647. The summed E-state index contributed by atoms with van der Waals surface area (Å²) in [5.74, 6) is -0.646. The monoisotopic (exact) mass is 361 g/mol. The molecule has 0 atom stereocenters. The van der Waals surface area contributed by atoms with Gasteiger partial charge in [-0.3, -0.25) is 4.79 Å². The number of alkyl halides is 1. The summed E-state index contributed by atoms with van der Waals surface area (Å²) in [4.78, 5) is 14.5. The fraction of sp³-hybridized carbons (Fsp3) is 0.533. The Morgan fingerprint density at radius 1 is 1.35 bits per heavy atom. The molecule has 0 unspecified atom stereocenters. The van der Waals surface area contributed by atoms with Crippen LogP contribution in [0.2, 0.25) is 5.02 Å². The van der Waals surface area contributed by atoms with Gasteiger partial charge < -0.3 is 4.90 Å². The number of hydrogen-bond acceptors (Lipinski definition) is 1. The second kappa shape index (κ2) is 7.41. The van der Waals surface area contributed by atoms with Gasteiger partial charge in [0.1, 0.15) is 5.82 Å². The molecule has 0 aromatic heterocycles. The van der Waals surface area contributed by atoms with Gasteiger partial charge in [0, 0.05) is 23.5 Å². The highest BCUT2D eigenvalue weighted by Gasteiger charge is 2.26. The molecule has 0 aliphatic heterocycles. The van der Waals surface area contributed by atoms with Crippen LogP contribution in [0.5, 0.6) is 0 Å². The van der Waals surface area contributed by atoms with E-state index >= 15 is 0 Å². The molecule has 0 N–H and O–H groups in total. The average Bonchev–Trinajstić information content (AvgIpc) is 2.48. The van der Waals surface area contributed by atoms with E-state index in [0.29, 0.717) is 12.1 Å². The van der Waals surface area contributed by atoms with Gasteiger partial charge in [0.25, 0.3) is 5.91 Å². The van der Waals surface area contributed by atoms with Crippen LogP contribution >= 0.6 is 27.5 Å². The minimum atomic E-state index is -0.542. The Labute approximate surface area is 132 Å². The van der Waals surface area contributed by atoms with Crippen LogP contribution in [0, 0.1) is 5.82 Å². The molecule has 0 heterocycles. The number of halogens is 3. The maximum Gasteiger partial charge on any atom is 0.254 e. The van der Waals surface area contributed by atoms with Crippen molar-refractivity contribution < 1.29 is 9.18 Å². The quantitative estimate of drug-likeness (QED) is 0.714. The first-order valence-corrected chi connectivity index (χ1v) is 8.45. The van der Waals surface area contributed by atoms with Crippen molar-refractivity contribution in [1.29, 1.82) is 0 Å². The molecule has 1 aromatic rings. The van der Waals surface area contributed by atoms with E-state index in [1.807, 2.05) is 4.90 Å². The lowest BCUT2D eigenvalue weighted by Gasteiger charge is -2.34. The zero-order valence-electron chi connectivity index (χ0n) is 11.2. The molecule has 0 saturated heterocycles. The Morgan fingerprint density at radius 3 is 2.65 bits per heavy atom. The molecule has 0 radical (unpaired) electrons. The SMILES string of the molecule is O=C(c1ccc(Cl)c(F)c1)N(CCBr)C1CCCCC1. The largest absolute Gasteiger partial charge is 0.335 e. The van der Waals surface area contributed by atoms with Gasteiger partial charge in [-0.1, -0.05) is 46.8 Å². The number of benzene rings is 1.